The minimum absolute atomic E-state index is 0.224. The number of carbonyl (C=O) groups is 1. The van der Waals surface area contributed by atoms with Gasteiger partial charge >= 0.3 is 5.97 Å². The van der Waals surface area contributed by atoms with E-state index >= 15 is 0 Å². The van der Waals surface area contributed by atoms with E-state index in [1.54, 1.807) is 6.07 Å². The lowest BCUT2D eigenvalue weighted by Crippen LogP contribution is -2.06. The predicted octanol–water partition coefficient (Wildman–Crippen LogP) is 3.24. The van der Waals surface area contributed by atoms with Crippen LogP contribution >= 0.6 is 0 Å². The molecule has 0 aliphatic heterocycles. The Morgan fingerprint density at radius 2 is 1.74 bits per heavy atom. The number of benzene rings is 2. The summed E-state index contributed by atoms with van der Waals surface area (Å²) in [5.74, 6) is -2.98. The zero-order valence-corrected chi connectivity index (χ0v) is 9.77. The SMILES string of the molecule is O=C(O)c1cccc(F)c1OCc1ccccc1F. The molecule has 0 unspecified atom stereocenters. The molecule has 2 aromatic carbocycles. The van der Waals surface area contributed by atoms with Gasteiger partial charge in [-0.15, -0.1) is 0 Å². The Morgan fingerprint density at radius 1 is 1.05 bits per heavy atom. The van der Waals surface area contributed by atoms with Crippen molar-refractivity contribution in [2.45, 2.75) is 6.61 Å². The van der Waals surface area contributed by atoms with Crippen molar-refractivity contribution in [1.82, 2.24) is 0 Å². The van der Waals surface area contributed by atoms with Crippen molar-refractivity contribution in [2.24, 2.45) is 0 Å². The van der Waals surface area contributed by atoms with Gasteiger partial charge in [-0.3, -0.25) is 0 Å². The zero-order chi connectivity index (χ0) is 13.8. The Morgan fingerprint density at radius 3 is 2.42 bits per heavy atom. The van der Waals surface area contributed by atoms with Crippen LogP contribution in [0.25, 0.3) is 0 Å². The first kappa shape index (κ1) is 13.0. The summed E-state index contributed by atoms with van der Waals surface area (Å²) in [6, 6.07) is 9.45. The second-order valence-electron chi connectivity index (χ2n) is 3.80. The molecule has 0 aliphatic carbocycles. The van der Waals surface area contributed by atoms with Crippen molar-refractivity contribution < 1.29 is 23.4 Å². The first-order valence-electron chi connectivity index (χ1n) is 5.47. The summed E-state index contributed by atoms with van der Waals surface area (Å²) in [6.07, 6.45) is 0. The van der Waals surface area contributed by atoms with Crippen LogP contribution in [0.3, 0.4) is 0 Å². The van der Waals surface area contributed by atoms with Crippen molar-refractivity contribution in [3.8, 4) is 5.75 Å². The number of rotatable bonds is 4. The molecule has 0 aliphatic rings. The third kappa shape index (κ3) is 2.88. The number of carboxylic acid groups (broad SMARTS) is 1. The molecule has 0 fully saturated rings. The second kappa shape index (κ2) is 5.48. The number of carboxylic acids is 1. The molecular formula is C14H10F2O3. The van der Waals surface area contributed by atoms with E-state index in [-0.39, 0.29) is 17.7 Å². The Labute approximate surface area is 108 Å². The lowest BCUT2D eigenvalue weighted by Gasteiger charge is -2.10. The van der Waals surface area contributed by atoms with Crippen LogP contribution in [-0.4, -0.2) is 11.1 Å². The summed E-state index contributed by atoms with van der Waals surface area (Å²) in [4.78, 5) is 10.9. The van der Waals surface area contributed by atoms with E-state index in [0.29, 0.717) is 0 Å². The van der Waals surface area contributed by atoms with Gasteiger partial charge in [-0.2, -0.15) is 0 Å². The molecule has 0 saturated heterocycles. The summed E-state index contributed by atoms with van der Waals surface area (Å²) in [7, 11) is 0. The van der Waals surface area contributed by atoms with E-state index in [2.05, 4.69) is 0 Å². The lowest BCUT2D eigenvalue weighted by atomic mass is 10.2. The van der Waals surface area contributed by atoms with Crippen LogP contribution in [0.4, 0.5) is 8.78 Å². The Hall–Kier alpha value is -2.43. The van der Waals surface area contributed by atoms with Crippen molar-refractivity contribution in [2.75, 3.05) is 0 Å². The van der Waals surface area contributed by atoms with Crippen molar-refractivity contribution in [3.63, 3.8) is 0 Å². The Bertz CT molecular complexity index is 611. The van der Waals surface area contributed by atoms with Crippen LogP contribution in [0.2, 0.25) is 0 Å². The maximum absolute atomic E-state index is 13.5. The second-order valence-corrected chi connectivity index (χ2v) is 3.80. The van der Waals surface area contributed by atoms with Crippen molar-refractivity contribution >= 4 is 5.97 Å². The van der Waals surface area contributed by atoms with Crippen molar-refractivity contribution in [1.29, 1.82) is 0 Å². The highest BCUT2D eigenvalue weighted by molar-refractivity contribution is 5.90. The summed E-state index contributed by atoms with van der Waals surface area (Å²) < 4.78 is 32.0. The molecule has 98 valence electrons. The van der Waals surface area contributed by atoms with Gasteiger partial charge in [0.25, 0.3) is 0 Å². The molecule has 0 bridgehead atoms. The fourth-order valence-corrected chi connectivity index (χ4v) is 1.59. The van der Waals surface area contributed by atoms with Gasteiger partial charge in [-0.25, -0.2) is 13.6 Å². The van der Waals surface area contributed by atoms with E-state index in [1.807, 2.05) is 0 Å². The van der Waals surface area contributed by atoms with Gasteiger partial charge in [-0.05, 0) is 18.2 Å². The first-order chi connectivity index (χ1) is 9.09. The third-order valence-electron chi connectivity index (χ3n) is 2.53. The molecule has 0 amide bonds. The first-order valence-corrected chi connectivity index (χ1v) is 5.47. The highest BCUT2D eigenvalue weighted by atomic mass is 19.1. The maximum atomic E-state index is 13.5. The van der Waals surface area contributed by atoms with E-state index in [4.69, 9.17) is 9.84 Å². The largest absolute Gasteiger partial charge is 0.485 e. The normalized spacial score (nSPS) is 10.2. The van der Waals surface area contributed by atoms with Gasteiger partial charge < -0.3 is 9.84 Å². The fraction of sp³-hybridized carbons (Fsp3) is 0.0714. The molecule has 2 aromatic rings. The van der Waals surface area contributed by atoms with Crippen LogP contribution in [0.15, 0.2) is 42.5 Å². The van der Waals surface area contributed by atoms with Gasteiger partial charge in [0, 0.05) is 5.56 Å². The molecule has 1 N–H and O–H groups in total. The number of ether oxygens (including phenoxy) is 1. The minimum Gasteiger partial charge on any atom is -0.485 e. The fourth-order valence-electron chi connectivity index (χ4n) is 1.59. The zero-order valence-electron chi connectivity index (χ0n) is 9.77. The molecule has 19 heavy (non-hydrogen) atoms. The maximum Gasteiger partial charge on any atom is 0.339 e. The average Bonchev–Trinajstić information content (AvgIpc) is 2.38. The summed E-state index contributed by atoms with van der Waals surface area (Å²) in [5, 5.41) is 8.92. The van der Waals surface area contributed by atoms with Crippen LogP contribution in [0.5, 0.6) is 5.75 Å². The Kier molecular flexibility index (Phi) is 3.75. The molecule has 0 heterocycles. The van der Waals surface area contributed by atoms with Crippen LogP contribution in [0, 0.1) is 11.6 Å². The quantitative estimate of drug-likeness (QED) is 0.922. The van der Waals surface area contributed by atoms with E-state index in [0.717, 1.165) is 6.07 Å². The van der Waals surface area contributed by atoms with Crippen LogP contribution in [0.1, 0.15) is 15.9 Å². The monoisotopic (exact) mass is 264 g/mol. The van der Waals surface area contributed by atoms with Gasteiger partial charge in [0.2, 0.25) is 0 Å². The lowest BCUT2D eigenvalue weighted by molar-refractivity contribution is 0.0690. The molecule has 0 atom stereocenters. The summed E-state index contributed by atoms with van der Waals surface area (Å²) >= 11 is 0. The Balaban J connectivity index is 2.25. The number of hydrogen-bond acceptors (Lipinski definition) is 2. The van der Waals surface area contributed by atoms with E-state index in [9.17, 15) is 13.6 Å². The van der Waals surface area contributed by atoms with Crippen molar-refractivity contribution in [3.05, 3.63) is 65.2 Å². The highest BCUT2D eigenvalue weighted by Crippen LogP contribution is 2.24. The third-order valence-corrected chi connectivity index (χ3v) is 2.53. The molecule has 0 saturated carbocycles. The number of hydrogen-bond donors (Lipinski definition) is 1. The van der Waals surface area contributed by atoms with Crippen LogP contribution in [-0.2, 0) is 6.61 Å². The summed E-state index contributed by atoms with van der Waals surface area (Å²) in [6.45, 7) is -0.242. The minimum atomic E-state index is -1.30. The van der Waals surface area contributed by atoms with E-state index < -0.39 is 23.4 Å². The van der Waals surface area contributed by atoms with Gasteiger partial charge in [0.05, 0.1) is 0 Å². The standard InChI is InChI=1S/C14H10F2O3/c15-11-6-2-1-4-9(11)8-19-13-10(14(17)18)5-3-7-12(13)16/h1-7H,8H2,(H,17,18). The molecule has 3 nitrogen and oxygen atoms in total. The molecular weight excluding hydrogens is 254 g/mol. The molecule has 0 aromatic heterocycles. The predicted molar refractivity (Wildman–Crippen MR) is 64.1 cm³/mol. The molecule has 0 spiro atoms. The number of para-hydroxylation sites is 1. The number of halogens is 2. The smallest absolute Gasteiger partial charge is 0.339 e. The topological polar surface area (TPSA) is 46.5 Å². The average molecular weight is 264 g/mol. The molecule has 0 radical (unpaired) electrons. The van der Waals surface area contributed by atoms with Gasteiger partial charge in [0.1, 0.15) is 18.0 Å². The van der Waals surface area contributed by atoms with Crippen LogP contribution < -0.4 is 4.74 Å². The summed E-state index contributed by atoms with van der Waals surface area (Å²) in [5.41, 5.74) is -0.0709. The van der Waals surface area contributed by atoms with E-state index in [1.165, 1.54) is 30.3 Å². The molecule has 5 heteroatoms. The highest BCUT2D eigenvalue weighted by Gasteiger charge is 2.16. The van der Waals surface area contributed by atoms with Gasteiger partial charge in [0.15, 0.2) is 11.6 Å². The number of aromatic carboxylic acids is 1. The molecule has 2 rings (SSSR count). The van der Waals surface area contributed by atoms with Gasteiger partial charge in [-0.1, -0.05) is 24.3 Å².